The van der Waals surface area contributed by atoms with E-state index in [1.807, 2.05) is 59.0 Å². The van der Waals surface area contributed by atoms with Gasteiger partial charge in [-0.25, -0.2) is 4.98 Å². The van der Waals surface area contributed by atoms with Gasteiger partial charge in [0, 0.05) is 30.9 Å². The van der Waals surface area contributed by atoms with Crippen molar-refractivity contribution in [1.82, 2.24) is 25.4 Å². The van der Waals surface area contributed by atoms with E-state index in [1.54, 1.807) is 31.4 Å². The van der Waals surface area contributed by atoms with Crippen LogP contribution in [0.1, 0.15) is 100 Å². The number of nitrogens with one attached hydrogen (secondary N) is 2. The third kappa shape index (κ3) is 11.7. The molecule has 51 heavy (non-hydrogen) atoms. The van der Waals surface area contributed by atoms with Crippen LogP contribution < -0.4 is 15.4 Å². The van der Waals surface area contributed by atoms with Gasteiger partial charge in [0.2, 0.25) is 11.8 Å². The number of esters is 1. The molecule has 13 heteroatoms. The van der Waals surface area contributed by atoms with Crippen molar-refractivity contribution in [2.45, 2.75) is 110 Å². The summed E-state index contributed by atoms with van der Waals surface area (Å²) in [6.45, 7) is 10.6. The number of carbonyl (C=O) groups is 4. The molecule has 3 rings (SSSR count). The Morgan fingerprint density at radius 3 is 2.33 bits per heavy atom. The molecule has 1 fully saturated rings. The predicted molar refractivity (Wildman–Crippen MR) is 198 cm³/mol. The zero-order valence-corrected chi connectivity index (χ0v) is 32.6. The van der Waals surface area contributed by atoms with E-state index in [0.29, 0.717) is 24.3 Å². The molecule has 0 radical (unpaired) electrons. The molecular formula is C38H59N5O7S. The first-order chi connectivity index (χ1) is 24.2. The number of hydrogen-bond donors (Lipinski definition) is 3. The summed E-state index contributed by atoms with van der Waals surface area (Å²) in [4.78, 5) is 61.2. The number of ether oxygens (including phenoxy) is 2. The van der Waals surface area contributed by atoms with Gasteiger partial charge in [0.25, 0.3) is 5.91 Å². The van der Waals surface area contributed by atoms with Crippen LogP contribution in [0.3, 0.4) is 0 Å². The van der Waals surface area contributed by atoms with Crippen LogP contribution in [0.2, 0.25) is 0 Å². The summed E-state index contributed by atoms with van der Waals surface area (Å²) in [6.07, 6.45) is 3.53. The number of methoxy groups -OCH3 is 2. The van der Waals surface area contributed by atoms with Crippen LogP contribution in [0.25, 0.3) is 0 Å². The lowest BCUT2D eigenvalue weighted by Gasteiger charge is -2.38. The molecule has 2 aromatic rings. The molecule has 1 aliphatic rings. The Balaban J connectivity index is 1.72. The molecule has 1 unspecified atom stereocenters. The summed E-state index contributed by atoms with van der Waals surface area (Å²) >= 11 is 1.18. The number of likely N-dealkylation sites (tertiary alicyclic amines) is 1. The first-order valence-electron chi connectivity index (χ1n) is 18.1. The lowest BCUT2D eigenvalue weighted by Crippen LogP contribution is -2.58. The molecule has 1 aliphatic heterocycles. The molecule has 12 nitrogen and oxygen atoms in total. The van der Waals surface area contributed by atoms with Crippen molar-refractivity contribution in [1.29, 1.82) is 0 Å². The Labute approximate surface area is 307 Å². The van der Waals surface area contributed by atoms with Crippen LogP contribution in [-0.4, -0.2) is 103 Å². The number of thiazole rings is 1. The lowest BCUT2D eigenvalue weighted by atomic mass is 9.92. The Bertz CT molecular complexity index is 1430. The van der Waals surface area contributed by atoms with E-state index in [2.05, 4.69) is 20.5 Å². The standard InChI is InChI=1S/C38H59N5O7S/c1-10-24(4)33(41-35(46)30-13-11-12-18-42(30)6)37(47)43(7)31(23(2)3)21-32(44)36-40-29(22-51-36)34(45)39-27(19-25(5)38(48)50-9)20-26-14-16-28(49-8)17-15-26/h14-17,22-25,27,30-33,44H,10-13,18-21H2,1-9H3,(H,39,45)(H,41,46)/t24?,25-,27+,30+,31+,32+,33-/m0/s1. The van der Waals surface area contributed by atoms with Gasteiger partial charge in [-0.3, -0.25) is 24.1 Å². The summed E-state index contributed by atoms with van der Waals surface area (Å²) in [6, 6.07) is 5.83. The first kappa shape index (κ1) is 41.9. The maximum atomic E-state index is 14.0. The maximum absolute atomic E-state index is 14.0. The molecule has 0 spiro atoms. The SMILES string of the molecule is CCC(C)[C@H](NC(=O)[C@H]1CCCCN1C)C(=O)N(C)[C@H](C[C@@H](O)c1nc(C(=O)N[C@@H](Cc2ccc(OC)cc2)C[C@H](C)C(=O)OC)cs1)C(C)C. The molecule has 2 heterocycles. The molecule has 7 atom stereocenters. The van der Waals surface area contributed by atoms with Crippen LogP contribution in [0.4, 0.5) is 0 Å². The van der Waals surface area contributed by atoms with E-state index in [4.69, 9.17) is 9.47 Å². The second kappa shape index (κ2) is 19.9. The fourth-order valence-electron chi connectivity index (χ4n) is 6.70. The molecule has 1 aromatic heterocycles. The van der Waals surface area contributed by atoms with Crippen molar-refractivity contribution in [3.05, 3.63) is 45.9 Å². The average Bonchev–Trinajstić information content (AvgIpc) is 3.62. The number of likely N-dealkylation sites (N-methyl/N-ethyl adjacent to an activating group) is 2. The van der Waals surface area contributed by atoms with Crippen molar-refractivity contribution in [2.75, 3.05) is 34.9 Å². The first-order valence-corrected chi connectivity index (χ1v) is 19.0. The van der Waals surface area contributed by atoms with Crippen molar-refractivity contribution >= 4 is 35.0 Å². The van der Waals surface area contributed by atoms with E-state index >= 15 is 0 Å². The second-order valence-corrected chi connectivity index (χ2v) is 15.2. The van der Waals surface area contributed by atoms with Crippen LogP contribution in [0.5, 0.6) is 5.75 Å². The van der Waals surface area contributed by atoms with Gasteiger partial charge in [0.05, 0.1) is 26.2 Å². The lowest BCUT2D eigenvalue weighted by molar-refractivity contribution is -0.145. The van der Waals surface area contributed by atoms with Gasteiger partial charge < -0.3 is 30.1 Å². The van der Waals surface area contributed by atoms with Gasteiger partial charge in [0.1, 0.15) is 28.6 Å². The molecule has 0 saturated carbocycles. The minimum atomic E-state index is -1.03. The number of piperidine rings is 1. The van der Waals surface area contributed by atoms with Gasteiger partial charge >= 0.3 is 5.97 Å². The number of hydrogen-bond acceptors (Lipinski definition) is 10. The highest BCUT2D eigenvalue weighted by atomic mass is 32.1. The molecule has 1 saturated heterocycles. The highest BCUT2D eigenvalue weighted by molar-refractivity contribution is 7.09. The molecular weight excluding hydrogens is 671 g/mol. The summed E-state index contributed by atoms with van der Waals surface area (Å²) in [5, 5.41) is 19.5. The van der Waals surface area contributed by atoms with Crippen molar-refractivity contribution in [2.24, 2.45) is 17.8 Å². The molecule has 0 aliphatic carbocycles. The Morgan fingerprint density at radius 2 is 1.75 bits per heavy atom. The zero-order valence-electron chi connectivity index (χ0n) is 31.8. The fraction of sp³-hybridized carbons (Fsp3) is 0.658. The Kier molecular flexibility index (Phi) is 16.3. The highest BCUT2D eigenvalue weighted by Crippen LogP contribution is 2.28. The van der Waals surface area contributed by atoms with Gasteiger partial charge in [0.15, 0.2) is 0 Å². The monoisotopic (exact) mass is 729 g/mol. The summed E-state index contributed by atoms with van der Waals surface area (Å²) in [5.41, 5.74) is 1.12. The number of rotatable bonds is 18. The average molecular weight is 730 g/mol. The Morgan fingerprint density at radius 1 is 1.06 bits per heavy atom. The van der Waals surface area contributed by atoms with Gasteiger partial charge in [-0.15, -0.1) is 11.3 Å². The molecule has 1 aromatic carbocycles. The van der Waals surface area contributed by atoms with Crippen LogP contribution >= 0.6 is 11.3 Å². The molecule has 3 N–H and O–H groups in total. The van der Waals surface area contributed by atoms with E-state index in [9.17, 15) is 24.3 Å². The van der Waals surface area contributed by atoms with E-state index in [-0.39, 0.29) is 53.8 Å². The number of aliphatic hydroxyl groups excluding tert-OH is 1. The van der Waals surface area contributed by atoms with Crippen molar-refractivity contribution < 1.29 is 33.8 Å². The minimum Gasteiger partial charge on any atom is -0.497 e. The molecule has 0 bridgehead atoms. The van der Waals surface area contributed by atoms with Crippen LogP contribution in [0, 0.1) is 17.8 Å². The maximum Gasteiger partial charge on any atom is 0.308 e. The molecule has 284 valence electrons. The van der Waals surface area contributed by atoms with Crippen molar-refractivity contribution in [3.63, 3.8) is 0 Å². The highest BCUT2D eigenvalue weighted by Gasteiger charge is 2.36. The largest absolute Gasteiger partial charge is 0.497 e. The van der Waals surface area contributed by atoms with Crippen LogP contribution in [0.15, 0.2) is 29.6 Å². The predicted octanol–water partition coefficient (Wildman–Crippen LogP) is 4.61. The summed E-state index contributed by atoms with van der Waals surface area (Å²) < 4.78 is 10.2. The molecule has 3 amide bonds. The number of benzene rings is 1. The third-order valence-electron chi connectivity index (χ3n) is 10.2. The quantitative estimate of drug-likeness (QED) is 0.187. The number of amides is 3. The number of carbonyl (C=O) groups excluding carboxylic acids is 4. The number of aromatic nitrogens is 1. The number of aliphatic hydroxyl groups is 1. The van der Waals surface area contributed by atoms with Crippen molar-refractivity contribution in [3.8, 4) is 5.75 Å². The van der Waals surface area contributed by atoms with E-state index in [1.165, 1.54) is 18.4 Å². The third-order valence-corrected chi connectivity index (χ3v) is 11.1. The summed E-state index contributed by atoms with van der Waals surface area (Å²) in [7, 11) is 6.62. The Hall–Kier alpha value is -3.55. The van der Waals surface area contributed by atoms with Gasteiger partial charge in [-0.2, -0.15) is 0 Å². The topological polar surface area (TPSA) is 150 Å². The minimum absolute atomic E-state index is 0.00962. The normalized spacial score (nSPS) is 18.5. The van der Waals surface area contributed by atoms with Crippen LogP contribution in [-0.2, 0) is 25.5 Å². The second-order valence-electron chi connectivity index (χ2n) is 14.3. The van der Waals surface area contributed by atoms with E-state index in [0.717, 1.165) is 37.1 Å². The summed E-state index contributed by atoms with van der Waals surface area (Å²) in [5.74, 6) is -0.902. The van der Waals surface area contributed by atoms with Gasteiger partial charge in [-0.05, 0) is 68.8 Å². The fourth-order valence-corrected chi connectivity index (χ4v) is 7.49. The van der Waals surface area contributed by atoms with Gasteiger partial charge in [-0.1, -0.05) is 59.6 Å². The van der Waals surface area contributed by atoms with E-state index < -0.39 is 30.0 Å². The number of nitrogens with zero attached hydrogens (tertiary/aromatic N) is 3. The zero-order chi connectivity index (χ0) is 37.8. The smallest absolute Gasteiger partial charge is 0.308 e.